The van der Waals surface area contributed by atoms with Gasteiger partial charge in [-0.15, -0.1) is 0 Å². The van der Waals surface area contributed by atoms with Gasteiger partial charge in [-0.05, 0) is 78.1 Å². The van der Waals surface area contributed by atoms with Gasteiger partial charge in [-0.25, -0.2) is 0 Å². The van der Waals surface area contributed by atoms with Crippen molar-refractivity contribution in [2.24, 2.45) is 0 Å². The van der Waals surface area contributed by atoms with Gasteiger partial charge in [0.15, 0.2) is 16.6 Å². The molecular formula is C37H83NO11Si3. The first kappa shape index (κ1) is 53.8. The lowest BCUT2D eigenvalue weighted by Gasteiger charge is -2.40. The molecule has 0 aromatic rings. The molecule has 2 unspecified atom stereocenters. The number of carbonyl (C=O) groups excluding carboxylic acids is 1. The van der Waals surface area contributed by atoms with Crippen molar-refractivity contribution in [2.45, 2.75) is 142 Å². The third-order valence-corrected chi connectivity index (χ3v) is 17.7. The minimum absolute atomic E-state index is 0.000274. The molecule has 0 amide bonds. The highest BCUT2D eigenvalue weighted by Crippen LogP contribution is 2.25. The maximum absolute atomic E-state index is 11.3. The topological polar surface area (TPSA) is 156 Å². The second-order valence-electron chi connectivity index (χ2n) is 16.0. The second kappa shape index (κ2) is 32.9. The molecule has 0 saturated carbocycles. The van der Waals surface area contributed by atoms with Crippen molar-refractivity contribution in [3.8, 4) is 0 Å². The maximum Gasteiger partial charge on any atom is 0.314 e. The molecule has 314 valence electrons. The van der Waals surface area contributed by atoms with E-state index in [4.69, 9.17) is 42.2 Å². The Bertz CT molecular complexity index is 799. The summed E-state index contributed by atoms with van der Waals surface area (Å²) in [6, 6.07) is 0.887. The van der Waals surface area contributed by atoms with Gasteiger partial charge in [0.25, 0.3) is 0 Å². The van der Waals surface area contributed by atoms with Gasteiger partial charge >= 0.3 is 8.56 Å². The molecule has 0 radical (unpaired) electrons. The number of ether oxygens (including phenoxy) is 4. The molecule has 52 heavy (non-hydrogen) atoms. The zero-order valence-electron chi connectivity index (χ0n) is 35.0. The summed E-state index contributed by atoms with van der Waals surface area (Å²) in [5, 5.41) is 38.4. The van der Waals surface area contributed by atoms with Crippen LogP contribution < -0.4 is 5.11 Å². The normalized spacial score (nSPS) is 14.2. The predicted octanol–water partition coefficient (Wildman–Crippen LogP) is 5.06. The number of carboxylic acid groups (broad SMARTS) is 1. The number of aliphatic hydroxyl groups is 3. The number of hydrogen-bond acceptors (Lipinski definition) is 11. The zero-order valence-corrected chi connectivity index (χ0v) is 38.0. The molecule has 12 nitrogen and oxygen atoms in total. The van der Waals surface area contributed by atoms with Gasteiger partial charge in [0.1, 0.15) is 25.7 Å². The number of nitrogens with zero attached hydrogens (tertiary/aromatic N) is 1. The number of carboxylic acids is 1. The van der Waals surface area contributed by atoms with E-state index < -0.39 is 37.3 Å². The van der Waals surface area contributed by atoms with Crippen LogP contribution in [0.2, 0.25) is 51.9 Å². The highest BCUT2D eigenvalue weighted by Gasteiger charge is 2.39. The van der Waals surface area contributed by atoms with Gasteiger partial charge in [-0.1, -0.05) is 58.3 Å². The van der Waals surface area contributed by atoms with Crippen LogP contribution in [-0.2, 0) is 32.0 Å². The monoisotopic (exact) mass is 802 g/mol. The highest BCUT2D eigenvalue weighted by atomic mass is 28.5. The lowest BCUT2D eigenvalue weighted by molar-refractivity contribution is -0.931. The first-order valence-electron chi connectivity index (χ1n) is 20.1. The van der Waals surface area contributed by atoms with E-state index in [1.54, 1.807) is 0 Å². The van der Waals surface area contributed by atoms with Crippen LogP contribution in [0.1, 0.15) is 84.5 Å². The van der Waals surface area contributed by atoms with E-state index in [2.05, 4.69) is 52.8 Å². The van der Waals surface area contributed by atoms with Crippen LogP contribution in [0.3, 0.4) is 0 Å². The standard InChI is InChI=1S/C35H80NO9Si3.C2H4O2/c1-9-10-11-12-13-14-15-16-17-18-20-36(21-26-40-28-23-37,22-27-41-30-31-42-29-24-38)33-35(39)34-43-25-19-32-48(8,44-46(2,3)4)45-47(5,6)7;1-2(3)4/h35,37-39H,9-34H2,1-8H3;1H3,(H,3,4)/q+1;/p-1. The Balaban J connectivity index is 0. The van der Waals surface area contributed by atoms with Gasteiger partial charge < -0.3 is 56.9 Å². The molecule has 0 aliphatic heterocycles. The molecule has 15 heteroatoms. The van der Waals surface area contributed by atoms with Crippen molar-refractivity contribution >= 4 is 31.2 Å². The van der Waals surface area contributed by atoms with Crippen molar-refractivity contribution in [1.82, 2.24) is 0 Å². The van der Waals surface area contributed by atoms with Crippen LogP contribution in [0.4, 0.5) is 0 Å². The average molecular weight is 802 g/mol. The number of aliphatic hydroxyl groups excluding tert-OH is 3. The van der Waals surface area contributed by atoms with Crippen molar-refractivity contribution in [3.63, 3.8) is 0 Å². The Hall–Kier alpha value is -0.279. The van der Waals surface area contributed by atoms with E-state index in [0.29, 0.717) is 57.3 Å². The van der Waals surface area contributed by atoms with Crippen LogP contribution in [-0.4, -0.2) is 149 Å². The summed E-state index contributed by atoms with van der Waals surface area (Å²) in [6.07, 6.45) is 13.0. The summed E-state index contributed by atoms with van der Waals surface area (Å²) >= 11 is 0. The first-order chi connectivity index (χ1) is 24.4. The van der Waals surface area contributed by atoms with E-state index >= 15 is 0 Å². The Labute approximate surface area is 322 Å². The summed E-state index contributed by atoms with van der Waals surface area (Å²) in [5.41, 5.74) is 0. The minimum Gasteiger partial charge on any atom is -0.550 e. The van der Waals surface area contributed by atoms with Crippen LogP contribution in [0.25, 0.3) is 0 Å². The summed E-state index contributed by atoms with van der Waals surface area (Å²) in [4.78, 5) is 8.89. The van der Waals surface area contributed by atoms with Gasteiger partial charge in [-0.3, -0.25) is 0 Å². The van der Waals surface area contributed by atoms with Crippen molar-refractivity contribution in [3.05, 3.63) is 0 Å². The molecule has 0 aromatic carbocycles. The number of carbonyl (C=O) groups is 1. The molecule has 0 saturated heterocycles. The largest absolute Gasteiger partial charge is 0.550 e. The Kier molecular flexibility index (Phi) is 34.1. The summed E-state index contributed by atoms with van der Waals surface area (Å²) in [6.45, 7) is 25.3. The molecule has 3 N–H and O–H groups in total. The minimum atomic E-state index is -2.31. The third-order valence-electron chi connectivity index (χ3n) is 8.12. The number of hydrogen-bond donors (Lipinski definition) is 3. The molecular weight excluding hydrogens is 719 g/mol. The number of rotatable bonds is 36. The Morgan fingerprint density at radius 2 is 1.04 bits per heavy atom. The fraction of sp³-hybridized carbons (Fsp3) is 0.973. The smallest absolute Gasteiger partial charge is 0.314 e. The zero-order chi connectivity index (χ0) is 39.8. The van der Waals surface area contributed by atoms with Gasteiger partial charge in [0.2, 0.25) is 0 Å². The molecule has 0 heterocycles. The van der Waals surface area contributed by atoms with Gasteiger partial charge in [0.05, 0.1) is 66.0 Å². The van der Waals surface area contributed by atoms with E-state index in [9.17, 15) is 10.2 Å². The van der Waals surface area contributed by atoms with Crippen molar-refractivity contribution in [1.29, 1.82) is 0 Å². The van der Waals surface area contributed by atoms with Crippen LogP contribution >= 0.6 is 0 Å². The van der Waals surface area contributed by atoms with Crippen LogP contribution in [0, 0.1) is 0 Å². The molecule has 0 fully saturated rings. The lowest BCUT2D eigenvalue weighted by atomic mass is 10.1. The molecule has 0 bridgehead atoms. The fourth-order valence-electron chi connectivity index (χ4n) is 6.25. The summed E-state index contributed by atoms with van der Waals surface area (Å²) < 4.78 is 37.0. The predicted molar refractivity (Wildman–Crippen MR) is 216 cm³/mol. The Morgan fingerprint density at radius 1 is 0.615 bits per heavy atom. The quantitative estimate of drug-likeness (QED) is 0.0443. The fourth-order valence-corrected chi connectivity index (χ4v) is 18.8. The molecule has 0 rings (SSSR count). The Morgan fingerprint density at radius 3 is 1.48 bits per heavy atom. The number of quaternary nitrogens is 1. The van der Waals surface area contributed by atoms with Gasteiger partial charge in [-0.2, -0.15) is 0 Å². The average Bonchev–Trinajstić information content (AvgIpc) is 3.01. The summed E-state index contributed by atoms with van der Waals surface area (Å²) in [7, 11) is -5.81. The molecule has 2 atom stereocenters. The van der Waals surface area contributed by atoms with E-state index in [-0.39, 0.29) is 19.8 Å². The summed E-state index contributed by atoms with van der Waals surface area (Å²) in [5.74, 6) is -1.08. The highest BCUT2D eigenvalue weighted by molar-refractivity contribution is 6.87. The van der Waals surface area contributed by atoms with E-state index in [0.717, 1.165) is 45.4 Å². The molecule has 0 aliphatic carbocycles. The molecule has 0 spiro atoms. The lowest BCUT2D eigenvalue weighted by Crippen LogP contribution is -2.57. The SMILES string of the molecule is CC(=O)[O-].CCCCCCCCCCCC[N+](CCOCCO)(CCOCCOCCO)CC(O)COCCC[Si](C)(O[Si](C)(C)C)O[Si](C)(C)C. The number of unbranched alkanes of at least 4 members (excludes halogenated alkanes) is 9. The molecule has 0 aliphatic rings. The third kappa shape index (κ3) is 38.0. The van der Waals surface area contributed by atoms with E-state index in [1.165, 1.54) is 57.8 Å². The second-order valence-corrected chi connectivity index (χ2v) is 28.9. The van der Waals surface area contributed by atoms with Crippen LogP contribution in [0.5, 0.6) is 0 Å². The van der Waals surface area contributed by atoms with Crippen molar-refractivity contribution in [2.75, 3.05) is 92.2 Å². The molecule has 0 aromatic heterocycles. The maximum atomic E-state index is 11.3. The van der Waals surface area contributed by atoms with E-state index in [1.807, 2.05) is 0 Å². The first-order valence-corrected chi connectivity index (χ1v) is 29.4. The number of aliphatic carboxylic acids is 1. The van der Waals surface area contributed by atoms with Crippen molar-refractivity contribution < 1.29 is 56.9 Å². The van der Waals surface area contributed by atoms with Gasteiger partial charge in [0, 0.05) is 12.6 Å². The van der Waals surface area contributed by atoms with Crippen LogP contribution in [0.15, 0.2) is 0 Å².